The SMILES string of the molecule is CCc1cccc(C)c1NC(=O)C1CCN(C(=O)Cc2ccccc2)CC1. The highest BCUT2D eigenvalue weighted by Gasteiger charge is 2.27. The monoisotopic (exact) mass is 364 g/mol. The number of nitrogens with zero attached hydrogens (tertiary/aromatic N) is 1. The maximum atomic E-state index is 12.7. The number of anilines is 1. The highest BCUT2D eigenvalue weighted by atomic mass is 16.2. The molecular formula is C23H28N2O2. The third kappa shape index (κ3) is 4.76. The summed E-state index contributed by atoms with van der Waals surface area (Å²) in [4.78, 5) is 27.1. The molecule has 0 aromatic heterocycles. The van der Waals surface area contributed by atoms with Crippen molar-refractivity contribution < 1.29 is 9.59 Å². The number of hydrogen-bond donors (Lipinski definition) is 1. The first-order valence-electron chi connectivity index (χ1n) is 9.79. The molecule has 2 aromatic carbocycles. The van der Waals surface area contributed by atoms with Crippen LogP contribution in [0.1, 0.15) is 36.5 Å². The molecule has 0 aliphatic carbocycles. The zero-order valence-electron chi connectivity index (χ0n) is 16.2. The quantitative estimate of drug-likeness (QED) is 0.872. The van der Waals surface area contributed by atoms with E-state index in [0.717, 1.165) is 36.1 Å². The fourth-order valence-corrected chi connectivity index (χ4v) is 3.70. The standard InChI is InChI=1S/C23H28N2O2/c1-3-19-11-7-8-17(2)22(19)24-23(27)20-12-14-25(15-13-20)21(26)16-18-9-5-4-6-10-18/h4-11,20H,3,12-16H2,1-2H3,(H,24,27). The smallest absolute Gasteiger partial charge is 0.227 e. The molecule has 0 atom stereocenters. The van der Waals surface area contributed by atoms with Crippen LogP contribution < -0.4 is 5.32 Å². The number of nitrogens with one attached hydrogen (secondary N) is 1. The molecule has 1 saturated heterocycles. The summed E-state index contributed by atoms with van der Waals surface area (Å²) in [5, 5.41) is 3.14. The Morgan fingerprint density at radius 1 is 1.04 bits per heavy atom. The Labute approximate surface area is 161 Å². The lowest BCUT2D eigenvalue weighted by Gasteiger charge is -2.31. The van der Waals surface area contributed by atoms with Crippen molar-refractivity contribution in [3.63, 3.8) is 0 Å². The highest BCUT2D eigenvalue weighted by molar-refractivity contribution is 5.94. The van der Waals surface area contributed by atoms with Gasteiger partial charge in [0.25, 0.3) is 0 Å². The maximum Gasteiger partial charge on any atom is 0.227 e. The largest absolute Gasteiger partial charge is 0.342 e. The van der Waals surface area contributed by atoms with Crippen LogP contribution in [0.5, 0.6) is 0 Å². The Morgan fingerprint density at radius 2 is 1.74 bits per heavy atom. The number of piperidine rings is 1. The Hall–Kier alpha value is -2.62. The molecule has 1 aliphatic heterocycles. The van der Waals surface area contributed by atoms with Gasteiger partial charge in [-0.3, -0.25) is 9.59 Å². The Bertz CT molecular complexity index is 793. The normalized spacial score (nSPS) is 14.8. The predicted octanol–water partition coefficient (Wildman–Crippen LogP) is 3.98. The van der Waals surface area contributed by atoms with E-state index in [1.54, 1.807) is 0 Å². The van der Waals surface area contributed by atoms with Crippen LogP contribution >= 0.6 is 0 Å². The van der Waals surface area contributed by atoms with Gasteiger partial charge in [0.05, 0.1) is 6.42 Å². The fraction of sp³-hybridized carbons (Fsp3) is 0.391. The van der Waals surface area contributed by atoms with Crippen LogP contribution in [0.25, 0.3) is 0 Å². The van der Waals surface area contributed by atoms with Gasteiger partial charge in [0.1, 0.15) is 0 Å². The topological polar surface area (TPSA) is 49.4 Å². The minimum absolute atomic E-state index is 0.0323. The van der Waals surface area contributed by atoms with Gasteiger partial charge in [-0.05, 0) is 42.9 Å². The minimum Gasteiger partial charge on any atom is -0.342 e. The van der Waals surface area contributed by atoms with Gasteiger partial charge < -0.3 is 10.2 Å². The molecule has 0 unspecified atom stereocenters. The number of carbonyl (C=O) groups excluding carboxylic acids is 2. The van der Waals surface area contributed by atoms with E-state index >= 15 is 0 Å². The molecular weight excluding hydrogens is 336 g/mol. The summed E-state index contributed by atoms with van der Waals surface area (Å²) in [5.74, 6) is 0.191. The summed E-state index contributed by atoms with van der Waals surface area (Å²) in [6, 6.07) is 15.9. The molecule has 0 radical (unpaired) electrons. The average Bonchev–Trinajstić information content (AvgIpc) is 2.70. The van der Waals surface area contributed by atoms with E-state index in [9.17, 15) is 9.59 Å². The molecule has 0 bridgehead atoms. The van der Waals surface area contributed by atoms with E-state index in [0.29, 0.717) is 19.5 Å². The van der Waals surface area contributed by atoms with Crippen LogP contribution in [0.3, 0.4) is 0 Å². The predicted molar refractivity (Wildman–Crippen MR) is 109 cm³/mol. The molecule has 27 heavy (non-hydrogen) atoms. The van der Waals surface area contributed by atoms with Gasteiger partial charge in [-0.25, -0.2) is 0 Å². The third-order valence-electron chi connectivity index (χ3n) is 5.40. The Kier molecular flexibility index (Phi) is 6.28. The molecule has 0 spiro atoms. The Balaban J connectivity index is 1.54. The van der Waals surface area contributed by atoms with E-state index in [1.165, 1.54) is 5.56 Å². The lowest BCUT2D eigenvalue weighted by Crippen LogP contribution is -2.42. The first-order chi connectivity index (χ1) is 13.1. The fourth-order valence-electron chi connectivity index (χ4n) is 3.70. The summed E-state index contributed by atoms with van der Waals surface area (Å²) < 4.78 is 0. The molecule has 2 aromatic rings. The maximum absolute atomic E-state index is 12.7. The number of hydrogen-bond acceptors (Lipinski definition) is 2. The molecule has 1 heterocycles. The van der Waals surface area contributed by atoms with Gasteiger partial charge in [-0.1, -0.05) is 55.5 Å². The van der Waals surface area contributed by atoms with Crippen molar-refractivity contribution in [3.05, 3.63) is 65.2 Å². The van der Waals surface area contributed by atoms with Crippen LogP contribution in [0.2, 0.25) is 0 Å². The van der Waals surface area contributed by atoms with Crippen molar-refractivity contribution in [3.8, 4) is 0 Å². The molecule has 142 valence electrons. The van der Waals surface area contributed by atoms with Crippen LogP contribution in [-0.2, 0) is 22.4 Å². The third-order valence-corrected chi connectivity index (χ3v) is 5.40. The molecule has 1 fully saturated rings. The van der Waals surface area contributed by atoms with Crippen LogP contribution in [-0.4, -0.2) is 29.8 Å². The molecule has 1 N–H and O–H groups in total. The van der Waals surface area contributed by atoms with Gasteiger partial charge in [0, 0.05) is 24.7 Å². The Morgan fingerprint density at radius 3 is 2.41 bits per heavy atom. The van der Waals surface area contributed by atoms with Crippen LogP contribution in [0, 0.1) is 12.8 Å². The number of para-hydroxylation sites is 1. The second-order valence-corrected chi connectivity index (χ2v) is 7.27. The van der Waals surface area contributed by atoms with Crippen molar-refractivity contribution in [1.29, 1.82) is 0 Å². The summed E-state index contributed by atoms with van der Waals surface area (Å²) >= 11 is 0. The number of amides is 2. The van der Waals surface area contributed by atoms with Crippen molar-refractivity contribution >= 4 is 17.5 Å². The van der Waals surface area contributed by atoms with Crippen molar-refractivity contribution in [2.45, 2.75) is 39.5 Å². The minimum atomic E-state index is -0.0323. The first-order valence-corrected chi connectivity index (χ1v) is 9.79. The van der Waals surface area contributed by atoms with Gasteiger partial charge in [0.15, 0.2) is 0 Å². The zero-order valence-corrected chi connectivity index (χ0v) is 16.2. The zero-order chi connectivity index (χ0) is 19.2. The second kappa shape index (κ2) is 8.85. The molecule has 4 heteroatoms. The lowest BCUT2D eigenvalue weighted by atomic mass is 9.94. The number of rotatable bonds is 5. The number of likely N-dealkylation sites (tertiary alicyclic amines) is 1. The molecule has 3 rings (SSSR count). The average molecular weight is 364 g/mol. The van der Waals surface area contributed by atoms with Crippen LogP contribution in [0.15, 0.2) is 48.5 Å². The molecule has 0 saturated carbocycles. The summed E-state index contributed by atoms with van der Waals surface area (Å²) in [5.41, 5.74) is 4.25. The summed E-state index contributed by atoms with van der Waals surface area (Å²) in [6.07, 6.45) is 2.77. The van der Waals surface area contributed by atoms with Gasteiger partial charge in [0.2, 0.25) is 11.8 Å². The van der Waals surface area contributed by atoms with E-state index in [2.05, 4.69) is 18.3 Å². The van der Waals surface area contributed by atoms with Crippen molar-refractivity contribution in [2.75, 3.05) is 18.4 Å². The highest BCUT2D eigenvalue weighted by Crippen LogP contribution is 2.24. The number of carbonyl (C=O) groups is 2. The number of aryl methyl sites for hydroxylation is 2. The number of benzene rings is 2. The van der Waals surface area contributed by atoms with E-state index in [4.69, 9.17) is 0 Å². The van der Waals surface area contributed by atoms with Crippen LogP contribution in [0.4, 0.5) is 5.69 Å². The van der Waals surface area contributed by atoms with Crippen molar-refractivity contribution in [2.24, 2.45) is 5.92 Å². The van der Waals surface area contributed by atoms with Gasteiger partial charge in [-0.15, -0.1) is 0 Å². The van der Waals surface area contributed by atoms with E-state index in [1.807, 2.05) is 54.3 Å². The molecule has 2 amide bonds. The van der Waals surface area contributed by atoms with E-state index in [-0.39, 0.29) is 17.7 Å². The summed E-state index contributed by atoms with van der Waals surface area (Å²) in [6.45, 7) is 5.43. The van der Waals surface area contributed by atoms with Gasteiger partial charge in [-0.2, -0.15) is 0 Å². The lowest BCUT2D eigenvalue weighted by molar-refractivity contribution is -0.133. The first kappa shape index (κ1) is 19.2. The molecule has 4 nitrogen and oxygen atoms in total. The summed E-state index contributed by atoms with van der Waals surface area (Å²) in [7, 11) is 0. The van der Waals surface area contributed by atoms with Crippen molar-refractivity contribution in [1.82, 2.24) is 4.90 Å². The second-order valence-electron chi connectivity index (χ2n) is 7.27. The molecule has 1 aliphatic rings. The van der Waals surface area contributed by atoms with E-state index < -0.39 is 0 Å². The van der Waals surface area contributed by atoms with Gasteiger partial charge >= 0.3 is 0 Å².